The number of pyridine rings is 1. The van der Waals surface area contributed by atoms with E-state index in [1.807, 2.05) is 65.0 Å². The van der Waals surface area contributed by atoms with Crippen LogP contribution in [0.1, 0.15) is 31.2 Å². The zero-order valence-electron chi connectivity index (χ0n) is 22.9. The van der Waals surface area contributed by atoms with Crippen LogP contribution in [-0.4, -0.2) is 57.5 Å². The van der Waals surface area contributed by atoms with Gasteiger partial charge in [0, 0.05) is 36.1 Å². The number of carbonyl (C=O) groups excluding carboxylic acids is 1. The fourth-order valence-electron chi connectivity index (χ4n) is 5.12. The minimum atomic E-state index is -0.153. The molecule has 1 aliphatic rings. The molecule has 5 rings (SSSR count). The van der Waals surface area contributed by atoms with Gasteiger partial charge in [0.15, 0.2) is 11.6 Å². The van der Waals surface area contributed by atoms with E-state index in [1.165, 1.54) is 0 Å². The highest BCUT2D eigenvalue weighted by Gasteiger charge is 2.28. The third-order valence-corrected chi connectivity index (χ3v) is 7.49. The van der Waals surface area contributed by atoms with Crippen molar-refractivity contribution in [3.8, 4) is 34.3 Å². The molecule has 1 fully saturated rings. The quantitative estimate of drug-likeness (QED) is 0.252. The lowest BCUT2D eigenvalue weighted by atomic mass is 10.2. The highest BCUT2D eigenvalue weighted by atomic mass is 35.5. The Morgan fingerprint density at radius 2 is 1.75 bits per heavy atom. The molecule has 9 nitrogen and oxygen atoms in total. The topological polar surface area (TPSA) is 94.4 Å². The first-order chi connectivity index (χ1) is 19.5. The van der Waals surface area contributed by atoms with Crippen molar-refractivity contribution in [2.24, 2.45) is 0 Å². The third kappa shape index (κ3) is 6.04. The number of methoxy groups -OCH3 is 2. The molecule has 4 aromatic rings. The van der Waals surface area contributed by atoms with Crippen molar-refractivity contribution >= 4 is 23.3 Å². The molecule has 0 radical (unpaired) electrons. The number of aromatic nitrogens is 4. The molecule has 1 N–H and O–H groups in total. The normalized spacial score (nSPS) is 13.3. The van der Waals surface area contributed by atoms with Crippen LogP contribution in [0.15, 0.2) is 60.9 Å². The van der Waals surface area contributed by atoms with Crippen molar-refractivity contribution in [3.05, 3.63) is 71.5 Å². The fraction of sp³-hybridized carbons (Fsp3) is 0.333. The Morgan fingerprint density at radius 1 is 1.02 bits per heavy atom. The maximum atomic E-state index is 13.7. The molecular weight excluding hydrogens is 528 g/mol. The molecule has 1 saturated carbocycles. The van der Waals surface area contributed by atoms with Crippen molar-refractivity contribution < 1.29 is 14.3 Å². The van der Waals surface area contributed by atoms with Gasteiger partial charge in [-0.05, 0) is 67.8 Å². The van der Waals surface area contributed by atoms with Crippen molar-refractivity contribution in [2.45, 2.75) is 45.2 Å². The van der Waals surface area contributed by atoms with E-state index >= 15 is 0 Å². The maximum Gasteiger partial charge on any atom is 0.322 e. The van der Waals surface area contributed by atoms with E-state index in [4.69, 9.17) is 31.2 Å². The summed E-state index contributed by atoms with van der Waals surface area (Å²) in [6.07, 6.45) is 7.58. The van der Waals surface area contributed by atoms with Gasteiger partial charge in [0.25, 0.3) is 0 Å². The summed E-state index contributed by atoms with van der Waals surface area (Å²) in [7, 11) is 3.19. The zero-order valence-corrected chi connectivity index (χ0v) is 23.7. The number of halogens is 1. The van der Waals surface area contributed by atoms with Crippen molar-refractivity contribution in [2.75, 3.05) is 26.1 Å². The number of ether oxygens (including phenoxy) is 2. The molecule has 10 heteroatoms. The molecule has 1 aliphatic carbocycles. The standard InChI is InChI=1S/C30H33ClN6O3/c1-20-8-10-27(40-3)25(18-20)33-30(38)36(23-6-4-5-7-23)16-17-37-29(22-9-11-26(39-2)24(31)19-22)34-28(35-37)21-12-14-32-15-13-21/h8-15,18-19,23H,4-7,16-17H2,1-3H3,(H,33,38). The molecule has 2 heterocycles. The van der Waals surface area contributed by atoms with Gasteiger partial charge in [-0.2, -0.15) is 5.10 Å². The second kappa shape index (κ2) is 12.4. The smallest absolute Gasteiger partial charge is 0.322 e. The summed E-state index contributed by atoms with van der Waals surface area (Å²) in [4.78, 5) is 24.6. The van der Waals surface area contributed by atoms with Crippen LogP contribution in [0, 0.1) is 6.92 Å². The highest BCUT2D eigenvalue weighted by Crippen LogP contribution is 2.32. The number of anilines is 1. The van der Waals surface area contributed by atoms with Gasteiger partial charge in [-0.15, -0.1) is 0 Å². The average Bonchev–Trinajstić information content (AvgIpc) is 3.65. The predicted molar refractivity (Wildman–Crippen MR) is 156 cm³/mol. The minimum absolute atomic E-state index is 0.151. The lowest BCUT2D eigenvalue weighted by Crippen LogP contribution is -2.43. The Bertz CT molecular complexity index is 1470. The highest BCUT2D eigenvalue weighted by molar-refractivity contribution is 6.32. The Morgan fingerprint density at radius 3 is 2.45 bits per heavy atom. The van der Waals surface area contributed by atoms with Crippen LogP contribution in [0.4, 0.5) is 10.5 Å². The van der Waals surface area contributed by atoms with Crippen LogP contribution in [-0.2, 0) is 6.54 Å². The lowest BCUT2D eigenvalue weighted by Gasteiger charge is -2.29. The number of aryl methyl sites for hydroxylation is 1. The second-order valence-electron chi connectivity index (χ2n) is 9.83. The van der Waals surface area contributed by atoms with Gasteiger partial charge in [-0.1, -0.05) is 30.5 Å². The van der Waals surface area contributed by atoms with E-state index in [1.54, 1.807) is 26.6 Å². The van der Waals surface area contributed by atoms with Crippen molar-refractivity contribution in [1.82, 2.24) is 24.6 Å². The van der Waals surface area contributed by atoms with Gasteiger partial charge in [-0.3, -0.25) is 4.98 Å². The Labute approximate surface area is 239 Å². The second-order valence-corrected chi connectivity index (χ2v) is 10.2. The largest absolute Gasteiger partial charge is 0.495 e. The van der Waals surface area contributed by atoms with Gasteiger partial charge in [0.05, 0.1) is 31.5 Å². The zero-order chi connectivity index (χ0) is 28.1. The number of benzene rings is 2. The number of carbonyl (C=O) groups is 1. The summed E-state index contributed by atoms with van der Waals surface area (Å²) in [5, 5.41) is 8.41. The maximum absolute atomic E-state index is 13.7. The number of nitrogens with one attached hydrogen (secondary N) is 1. The van der Waals surface area contributed by atoms with E-state index in [-0.39, 0.29) is 12.1 Å². The Balaban J connectivity index is 1.45. The first-order valence-corrected chi connectivity index (χ1v) is 13.8. The van der Waals surface area contributed by atoms with Crippen LogP contribution >= 0.6 is 11.6 Å². The molecule has 0 aliphatic heterocycles. The molecule has 208 valence electrons. The molecule has 0 atom stereocenters. The first-order valence-electron chi connectivity index (χ1n) is 13.4. The van der Waals surface area contributed by atoms with Gasteiger partial charge < -0.3 is 19.7 Å². The number of urea groups is 1. The summed E-state index contributed by atoms with van der Waals surface area (Å²) >= 11 is 6.46. The number of amides is 2. The molecule has 0 bridgehead atoms. The summed E-state index contributed by atoms with van der Waals surface area (Å²) in [5.74, 6) is 2.44. The first kappa shape index (κ1) is 27.5. The van der Waals surface area contributed by atoms with Gasteiger partial charge in [-0.25, -0.2) is 14.5 Å². The minimum Gasteiger partial charge on any atom is -0.495 e. The molecule has 40 heavy (non-hydrogen) atoms. The van der Waals surface area contributed by atoms with Gasteiger partial charge in [0.1, 0.15) is 11.5 Å². The van der Waals surface area contributed by atoms with E-state index < -0.39 is 0 Å². The SMILES string of the molecule is COc1ccc(-c2nc(-c3ccncc3)nn2CCN(C(=O)Nc2cc(C)ccc2OC)C2CCCC2)cc1Cl. The molecule has 2 aromatic heterocycles. The van der Waals surface area contributed by atoms with Crippen molar-refractivity contribution in [3.63, 3.8) is 0 Å². The van der Waals surface area contributed by atoms with Crippen LogP contribution < -0.4 is 14.8 Å². The third-order valence-electron chi connectivity index (χ3n) is 7.20. The number of hydrogen-bond acceptors (Lipinski definition) is 6. The summed E-state index contributed by atoms with van der Waals surface area (Å²) in [6.45, 7) is 2.90. The summed E-state index contributed by atoms with van der Waals surface area (Å²) in [5.41, 5.74) is 3.36. The number of rotatable bonds is 9. The molecule has 2 amide bonds. The van der Waals surface area contributed by atoms with Crippen molar-refractivity contribution in [1.29, 1.82) is 0 Å². The number of hydrogen-bond donors (Lipinski definition) is 1. The van der Waals surface area contributed by atoms with Gasteiger partial charge >= 0.3 is 6.03 Å². The summed E-state index contributed by atoms with van der Waals surface area (Å²) < 4.78 is 12.7. The van der Waals surface area contributed by atoms with E-state index in [0.29, 0.717) is 46.9 Å². The molecule has 0 unspecified atom stereocenters. The summed E-state index contributed by atoms with van der Waals surface area (Å²) in [6, 6.07) is 15.0. The van der Waals surface area contributed by atoms with Gasteiger partial charge in [0.2, 0.25) is 0 Å². The Kier molecular flexibility index (Phi) is 8.50. The Hall–Kier alpha value is -4.11. The number of nitrogens with zero attached hydrogens (tertiary/aromatic N) is 5. The average molecular weight is 561 g/mol. The fourth-order valence-corrected chi connectivity index (χ4v) is 5.37. The van der Waals surface area contributed by atoms with Crippen LogP contribution in [0.5, 0.6) is 11.5 Å². The van der Waals surface area contributed by atoms with E-state index in [0.717, 1.165) is 42.4 Å². The molecule has 2 aromatic carbocycles. The monoisotopic (exact) mass is 560 g/mol. The van der Waals surface area contributed by atoms with E-state index in [9.17, 15) is 4.79 Å². The van der Waals surface area contributed by atoms with Crippen LogP contribution in [0.25, 0.3) is 22.8 Å². The van der Waals surface area contributed by atoms with E-state index in [2.05, 4.69) is 10.3 Å². The molecular formula is C30H33ClN6O3. The molecule has 0 spiro atoms. The predicted octanol–water partition coefficient (Wildman–Crippen LogP) is 6.46. The van der Waals surface area contributed by atoms with Crippen LogP contribution in [0.3, 0.4) is 0 Å². The lowest BCUT2D eigenvalue weighted by molar-refractivity contribution is 0.184. The molecule has 0 saturated heterocycles. The van der Waals surface area contributed by atoms with Crippen LogP contribution in [0.2, 0.25) is 5.02 Å².